The highest BCUT2D eigenvalue weighted by molar-refractivity contribution is 5.81. The van der Waals surface area contributed by atoms with E-state index in [4.69, 9.17) is 9.40 Å². The minimum atomic E-state index is 0.0278. The average molecular weight is 408 g/mol. The Morgan fingerprint density at radius 3 is 2.67 bits per heavy atom. The van der Waals surface area contributed by atoms with Crippen LogP contribution in [0, 0.1) is 0 Å². The molecule has 3 heterocycles. The van der Waals surface area contributed by atoms with Crippen molar-refractivity contribution in [2.24, 2.45) is 0 Å². The molecule has 1 aliphatic carbocycles. The van der Waals surface area contributed by atoms with Crippen LogP contribution in [-0.2, 0) is 19.4 Å². The average Bonchev–Trinajstić information content (AvgIpc) is 3.16. The van der Waals surface area contributed by atoms with Gasteiger partial charge in [0.25, 0.3) is 5.56 Å². The van der Waals surface area contributed by atoms with Gasteiger partial charge in [0.2, 0.25) is 5.89 Å². The normalized spacial score (nSPS) is 17.6. The van der Waals surface area contributed by atoms with E-state index >= 15 is 0 Å². The zero-order valence-electron chi connectivity index (χ0n) is 17.8. The number of aryl methyl sites for hydroxylation is 2. The lowest BCUT2D eigenvalue weighted by Gasteiger charge is -2.35. The summed E-state index contributed by atoms with van der Waals surface area (Å²) in [7, 11) is 0. The van der Waals surface area contributed by atoms with Crippen LogP contribution in [0.4, 0.5) is 5.69 Å². The molecular formula is C23H29N5O2. The molecule has 2 aliphatic rings. The van der Waals surface area contributed by atoms with Crippen molar-refractivity contribution >= 4 is 16.6 Å². The molecule has 0 amide bonds. The summed E-state index contributed by atoms with van der Waals surface area (Å²) in [5.74, 6) is 1.97. The van der Waals surface area contributed by atoms with Crippen LogP contribution < -0.4 is 10.5 Å². The minimum Gasteiger partial charge on any atom is -0.444 e. The molecule has 7 nitrogen and oxygen atoms in total. The second kappa shape index (κ2) is 7.87. The maximum absolute atomic E-state index is 12.6. The number of fused-ring (bicyclic) bond motifs is 2. The largest absolute Gasteiger partial charge is 0.444 e. The van der Waals surface area contributed by atoms with E-state index in [2.05, 4.69) is 14.8 Å². The Morgan fingerprint density at radius 2 is 1.90 bits per heavy atom. The molecule has 0 radical (unpaired) electrons. The van der Waals surface area contributed by atoms with Gasteiger partial charge in [-0.15, -0.1) is 0 Å². The standard InChI is InChI=1S/C23H29N5O2/c1-16(2)28-15-24-20-13-17(7-8-18(20)23(28)29)27-11-9-26(10-12-27)14-22-25-19-5-3-4-6-21(19)30-22/h7-8,13,15-16H,3-6,9-12,14H2,1-2H3. The number of rotatable bonds is 4. The first-order valence-electron chi connectivity index (χ1n) is 11.0. The van der Waals surface area contributed by atoms with Crippen LogP contribution in [0.25, 0.3) is 10.9 Å². The molecular weight excluding hydrogens is 378 g/mol. The van der Waals surface area contributed by atoms with Gasteiger partial charge in [0.05, 0.1) is 29.5 Å². The van der Waals surface area contributed by atoms with E-state index < -0.39 is 0 Å². The van der Waals surface area contributed by atoms with Crippen molar-refractivity contribution in [1.29, 1.82) is 0 Å². The van der Waals surface area contributed by atoms with Crippen LogP contribution in [0.1, 0.15) is 50.1 Å². The van der Waals surface area contributed by atoms with Gasteiger partial charge in [-0.1, -0.05) is 0 Å². The van der Waals surface area contributed by atoms with Gasteiger partial charge in [0.15, 0.2) is 0 Å². The molecule has 0 atom stereocenters. The smallest absolute Gasteiger partial charge is 0.261 e. The lowest BCUT2D eigenvalue weighted by atomic mass is 10.0. The molecule has 0 N–H and O–H groups in total. The van der Waals surface area contributed by atoms with E-state index in [1.165, 1.54) is 18.5 Å². The van der Waals surface area contributed by atoms with E-state index in [0.717, 1.165) is 68.4 Å². The van der Waals surface area contributed by atoms with Crippen LogP contribution in [0.2, 0.25) is 0 Å². The van der Waals surface area contributed by atoms with Gasteiger partial charge < -0.3 is 9.32 Å². The molecule has 0 spiro atoms. The number of nitrogens with zero attached hydrogens (tertiary/aromatic N) is 5. The van der Waals surface area contributed by atoms with Gasteiger partial charge in [-0.05, 0) is 51.3 Å². The van der Waals surface area contributed by atoms with Gasteiger partial charge in [0, 0.05) is 44.3 Å². The predicted octanol–water partition coefficient (Wildman–Crippen LogP) is 3.17. The first-order valence-corrected chi connectivity index (χ1v) is 11.0. The number of anilines is 1. The molecule has 158 valence electrons. The summed E-state index contributed by atoms with van der Waals surface area (Å²) in [4.78, 5) is 26.7. The van der Waals surface area contributed by atoms with Crippen LogP contribution in [0.3, 0.4) is 0 Å². The van der Waals surface area contributed by atoms with Gasteiger partial charge >= 0.3 is 0 Å². The topological polar surface area (TPSA) is 67.4 Å². The summed E-state index contributed by atoms with van der Waals surface area (Å²) in [6.45, 7) is 8.59. The van der Waals surface area contributed by atoms with E-state index in [1.54, 1.807) is 10.9 Å². The van der Waals surface area contributed by atoms with Crippen LogP contribution in [0.15, 0.2) is 33.7 Å². The molecule has 1 saturated heterocycles. The fraction of sp³-hybridized carbons (Fsp3) is 0.522. The zero-order chi connectivity index (χ0) is 20.7. The monoisotopic (exact) mass is 407 g/mol. The van der Waals surface area contributed by atoms with Crippen molar-refractivity contribution in [3.63, 3.8) is 0 Å². The maximum atomic E-state index is 12.6. The highest BCUT2D eigenvalue weighted by Crippen LogP contribution is 2.24. The van der Waals surface area contributed by atoms with E-state index in [9.17, 15) is 4.79 Å². The Hall–Kier alpha value is -2.67. The Morgan fingerprint density at radius 1 is 1.10 bits per heavy atom. The van der Waals surface area contributed by atoms with Gasteiger partial charge in [-0.25, -0.2) is 9.97 Å². The number of hydrogen-bond donors (Lipinski definition) is 0. The van der Waals surface area contributed by atoms with E-state index in [0.29, 0.717) is 5.39 Å². The number of aromatic nitrogens is 3. The molecule has 0 unspecified atom stereocenters. The second-order valence-corrected chi connectivity index (χ2v) is 8.70. The fourth-order valence-corrected chi connectivity index (χ4v) is 4.52. The number of oxazole rings is 1. The van der Waals surface area contributed by atoms with Crippen molar-refractivity contribution in [2.75, 3.05) is 31.1 Å². The van der Waals surface area contributed by atoms with Crippen molar-refractivity contribution in [2.45, 2.75) is 52.1 Å². The Kier molecular flexibility index (Phi) is 5.06. The van der Waals surface area contributed by atoms with Crippen molar-refractivity contribution in [3.8, 4) is 0 Å². The van der Waals surface area contributed by atoms with Crippen molar-refractivity contribution in [3.05, 3.63) is 52.2 Å². The number of hydrogen-bond acceptors (Lipinski definition) is 6. The Bertz CT molecular complexity index is 1080. The highest BCUT2D eigenvalue weighted by Gasteiger charge is 2.22. The third-order valence-corrected chi connectivity index (χ3v) is 6.31. The maximum Gasteiger partial charge on any atom is 0.261 e. The molecule has 0 saturated carbocycles. The van der Waals surface area contributed by atoms with Crippen LogP contribution in [0.5, 0.6) is 0 Å². The molecule has 1 fully saturated rings. The summed E-state index contributed by atoms with van der Waals surface area (Å²) in [5, 5.41) is 0.682. The Balaban J connectivity index is 1.26. The van der Waals surface area contributed by atoms with Crippen molar-refractivity contribution in [1.82, 2.24) is 19.4 Å². The van der Waals surface area contributed by atoms with Gasteiger partial charge in [0.1, 0.15) is 5.76 Å². The van der Waals surface area contributed by atoms with Gasteiger partial charge in [-0.2, -0.15) is 0 Å². The molecule has 5 rings (SSSR count). The molecule has 7 heteroatoms. The summed E-state index contributed by atoms with van der Waals surface area (Å²) in [5.41, 5.74) is 3.10. The molecule has 30 heavy (non-hydrogen) atoms. The quantitative estimate of drug-likeness (QED) is 0.662. The lowest BCUT2D eigenvalue weighted by Crippen LogP contribution is -2.46. The first-order chi connectivity index (χ1) is 14.6. The first kappa shape index (κ1) is 19.3. The summed E-state index contributed by atoms with van der Waals surface area (Å²) in [6.07, 6.45) is 6.20. The third kappa shape index (κ3) is 3.62. The van der Waals surface area contributed by atoms with Crippen LogP contribution in [-0.4, -0.2) is 45.6 Å². The summed E-state index contributed by atoms with van der Waals surface area (Å²) < 4.78 is 7.68. The number of piperazine rings is 1. The lowest BCUT2D eigenvalue weighted by molar-refractivity contribution is 0.224. The van der Waals surface area contributed by atoms with Gasteiger partial charge in [-0.3, -0.25) is 14.3 Å². The predicted molar refractivity (Wildman–Crippen MR) is 117 cm³/mol. The summed E-state index contributed by atoms with van der Waals surface area (Å²) >= 11 is 0. The second-order valence-electron chi connectivity index (χ2n) is 8.70. The molecule has 0 bridgehead atoms. The molecule has 3 aromatic rings. The number of benzene rings is 1. The minimum absolute atomic E-state index is 0.0278. The Labute approximate surface area is 176 Å². The zero-order valence-corrected chi connectivity index (χ0v) is 17.8. The highest BCUT2D eigenvalue weighted by atomic mass is 16.4. The van der Waals surface area contributed by atoms with Crippen LogP contribution >= 0.6 is 0 Å². The molecule has 1 aromatic carbocycles. The van der Waals surface area contributed by atoms with Crippen molar-refractivity contribution < 1.29 is 4.42 Å². The molecule has 1 aliphatic heterocycles. The molecule has 2 aromatic heterocycles. The SMILES string of the molecule is CC(C)n1cnc2cc(N3CCN(Cc4nc5c(o4)CCCC5)CC3)ccc2c1=O. The van der Waals surface area contributed by atoms with E-state index in [-0.39, 0.29) is 11.6 Å². The third-order valence-electron chi connectivity index (χ3n) is 6.31. The fourth-order valence-electron chi connectivity index (χ4n) is 4.52. The summed E-state index contributed by atoms with van der Waals surface area (Å²) in [6, 6.07) is 6.12. The van der Waals surface area contributed by atoms with E-state index in [1.807, 2.05) is 32.0 Å².